The number of aryl methyl sites for hydroxylation is 1. The van der Waals surface area contributed by atoms with Gasteiger partial charge >= 0.3 is 0 Å². The van der Waals surface area contributed by atoms with Crippen molar-refractivity contribution in [2.45, 2.75) is 30.8 Å². The molecule has 0 bridgehead atoms. The average molecular weight is 397 g/mol. The fraction of sp³-hybridized carbons (Fsp3) is 0.316. The molecule has 8 nitrogen and oxygen atoms in total. The molecule has 1 fully saturated rings. The molecule has 0 atom stereocenters. The van der Waals surface area contributed by atoms with Gasteiger partial charge in [0.25, 0.3) is 10.0 Å². The van der Waals surface area contributed by atoms with Crippen molar-refractivity contribution in [3.05, 3.63) is 53.9 Å². The lowest BCUT2D eigenvalue weighted by Gasteiger charge is -2.33. The smallest absolute Gasteiger partial charge is 0.286 e. The molecule has 0 radical (unpaired) electrons. The van der Waals surface area contributed by atoms with Crippen molar-refractivity contribution >= 4 is 27.4 Å². The molecular formula is C19H19N5O3S. The third-order valence-corrected chi connectivity index (χ3v) is 6.43. The maximum absolute atomic E-state index is 12.2. The van der Waals surface area contributed by atoms with Crippen LogP contribution in [0.1, 0.15) is 24.1 Å². The maximum atomic E-state index is 12.2. The normalized spacial score (nSPS) is 18.9. The summed E-state index contributed by atoms with van der Waals surface area (Å²) in [6.45, 7) is 3.54. The Morgan fingerprint density at radius 1 is 1.14 bits per heavy atom. The molecule has 3 aromatic rings. The van der Waals surface area contributed by atoms with Crippen molar-refractivity contribution < 1.29 is 13.2 Å². The van der Waals surface area contributed by atoms with Crippen molar-refractivity contribution in [1.82, 2.24) is 14.6 Å². The number of anilines is 1. The number of rotatable bonds is 2. The molecule has 0 aliphatic carbocycles. The minimum absolute atomic E-state index is 0.0765. The van der Waals surface area contributed by atoms with Crippen LogP contribution < -0.4 is 4.90 Å². The van der Waals surface area contributed by atoms with Crippen molar-refractivity contribution in [2.24, 2.45) is 4.40 Å². The van der Waals surface area contributed by atoms with Crippen LogP contribution in [-0.2, 0) is 14.8 Å². The number of nitrogens with zero attached hydrogens (tertiary/aromatic N) is 5. The largest absolute Gasteiger partial charge is 0.473 e. The molecule has 0 N–H and O–H groups in total. The summed E-state index contributed by atoms with van der Waals surface area (Å²) < 4.78 is 36.0. The van der Waals surface area contributed by atoms with E-state index in [9.17, 15) is 8.42 Å². The van der Waals surface area contributed by atoms with E-state index < -0.39 is 10.0 Å². The molecule has 1 saturated heterocycles. The van der Waals surface area contributed by atoms with Gasteiger partial charge in [-0.25, -0.2) is 4.98 Å². The lowest BCUT2D eigenvalue weighted by atomic mass is 10.1. The standard InChI is InChI=1S/C19H19N5O3S/c1-13-12-18(24-17(21-13)6-9-20-24)23-10-7-14(8-11-23)27-19-15-4-2-3-5-16(15)28(25,26)22-19/h2-6,9,12,14H,7-8,10-11H2,1H3. The highest BCUT2D eigenvalue weighted by Gasteiger charge is 2.32. The summed E-state index contributed by atoms with van der Waals surface area (Å²) in [5, 5.41) is 4.37. The first-order valence-corrected chi connectivity index (χ1v) is 10.6. The van der Waals surface area contributed by atoms with Gasteiger partial charge in [-0.15, -0.1) is 4.40 Å². The van der Waals surface area contributed by atoms with Gasteiger partial charge in [-0.2, -0.15) is 18.0 Å². The minimum atomic E-state index is -3.65. The van der Waals surface area contributed by atoms with Crippen molar-refractivity contribution in [3.8, 4) is 0 Å². The third-order valence-electron chi connectivity index (χ3n) is 5.11. The zero-order valence-corrected chi connectivity index (χ0v) is 16.1. The molecule has 144 valence electrons. The lowest BCUT2D eigenvalue weighted by molar-refractivity contribution is 0.159. The van der Waals surface area contributed by atoms with E-state index in [0.29, 0.717) is 5.56 Å². The Hall–Kier alpha value is -2.94. The van der Waals surface area contributed by atoms with E-state index in [4.69, 9.17) is 4.74 Å². The summed E-state index contributed by atoms with van der Waals surface area (Å²) in [7, 11) is -3.65. The van der Waals surface area contributed by atoms with Crippen LogP contribution in [0.25, 0.3) is 5.65 Å². The summed E-state index contributed by atoms with van der Waals surface area (Å²) >= 11 is 0. The van der Waals surface area contributed by atoms with Crippen LogP contribution in [0.5, 0.6) is 0 Å². The minimum Gasteiger partial charge on any atom is -0.473 e. The second-order valence-electron chi connectivity index (χ2n) is 7.03. The van der Waals surface area contributed by atoms with Gasteiger partial charge in [-0.05, 0) is 19.1 Å². The number of benzene rings is 1. The number of fused-ring (bicyclic) bond motifs is 2. The molecule has 9 heteroatoms. The number of aromatic nitrogens is 3. The number of ether oxygens (including phenoxy) is 1. The Labute approximate surface area is 162 Å². The van der Waals surface area contributed by atoms with Gasteiger partial charge in [0.1, 0.15) is 16.8 Å². The summed E-state index contributed by atoms with van der Waals surface area (Å²) in [5.41, 5.74) is 2.33. The van der Waals surface area contributed by atoms with Crippen LogP contribution in [0.2, 0.25) is 0 Å². The molecule has 5 rings (SSSR count). The van der Waals surface area contributed by atoms with E-state index >= 15 is 0 Å². The molecule has 2 aliphatic heterocycles. The first kappa shape index (κ1) is 17.2. The SMILES string of the molecule is Cc1cc(N2CCC(OC3=NS(=O)(=O)c4ccccc43)CC2)n2nccc2n1. The van der Waals surface area contributed by atoms with E-state index in [0.717, 1.165) is 43.1 Å². The van der Waals surface area contributed by atoms with Crippen molar-refractivity contribution in [2.75, 3.05) is 18.0 Å². The van der Waals surface area contributed by atoms with Crippen molar-refractivity contribution in [3.63, 3.8) is 0 Å². The first-order chi connectivity index (χ1) is 13.5. The van der Waals surface area contributed by atoms with E-state index in [1.807, 2.05) is 23.6 Å². The van der Waals surface area contributed by atoms with Gasteiger partial charge in [-0.1, -0.05) is 12.1 Å². The Morgan fingerprint density at radius 3 is 2.75 bits per heavy atom. The fourth-order valence-corrected chi connectivity index (χ4v) is 4.91. The van der Waals surface area contributed by atoms with E-state index in [1.165, 1.54) is 0 Å². The summed E-state index contributed by atoms with van der Waals surface area (Å²) in [6.07, 6.45) is 3.21. The van der Waals surface area contributed by atoms with E-state index in [1.54, 1.807) is 30.5 Å². The zero-order chi connectivity index (χ0) is 19.3. The Bertz CT molecular complexity index is 1190. The maximum Gasteiger partial charge on any atom is 0.286 e. The molecule has 0 spiro atoms. The Balaban J connectivity index is 1.33. The molecule has 4 heterocycles. The fourth-order valence-electron chi connectivity index (χ4n) is 3.77. The zero-order valence-electron chi connectivity index (χ0n) is 15.3. The van der Waals surface area contributed by atoms with Crippen LogP contribution >= 0.6 is 0 Å². The molecule has 0 unspecified atom stereocenters. The molecule has 2 aliphatic rings. The van der Waals surface area contributed by atoms with Crippen LogP contribution in [-0.4, -0.2) is 48.1 Å². The third kappa shape index (κ3) is 2.82. The lowest BCUT2D eigenvalue weighted by Crippen LogP contribution is -2.39. The number of hydrogen-bond acceptors (Lipinski definition) is 6. The van der Waals surface area contributed by atoms with Gasteiger partial charge < -0.3 is 9.64 Å². The van der Waals surface area contributed by atoms with Gasteiger partial charge in [0.15, 0.2) is 5.65 Å². The molecular weight excluding hydrogens is 378 g/mol. The highest BCUT2D eigenvalue weighted by atomic mass is 32.2. The highest BCUT2D eigenvalue weighted by molar-refractivity contribution is 7.90. The first-order valence-electron chi connectivity index (χ1n) is 9.19. The van der Waals surface area contributed by atoms with Crippen molar-refractivity contribution in [1.29, 1.82) is 0 Å². The van der Waals surface area contributed by atoms with E-state index in [2.05, 4.69) is 19.4 Å². The van der Waals surface area contributed by atoms with Crippen LogP contribution in [0.3, 0.4) is 0 Å². The van der Waals surface area contributed by atoms with E-state index in [-0.39, 0.29) is 16.9 Å². The van der Waals surface area contributed by atoms with Gasteiger partial charge in [0.2, 0.25) is 5.90 Å². The second-order valence-corrected chi connectivity index (χ2v) is 8.60. The number of sulfonamides is 1. The molecule has 28 heavy (non-hydrogen) atoms. The molecule has 1 aromatic carbocycles. The topological polar surface area (TPSA) is 89.2 Å². The summed E-state index contributed by atoms with van der Waals surface area (Å²) in [5.74, 6) is 1.22. The number of hydrogen-bond donors (Lipinski definition) is 0. The predicted octanol–water partition coefficient (Wildman–Crippen LogP) is 2.17. The molecule has 0 amide bonds. The number of piperidine rings is 1. The molecule has 0 saturated carbocycles. The summed E-state index contributed by atoms with van der Waals surface area (Å²) in [6, 6.07) is 10.7. The van der Waals surface area contributed by atoms with Gasteiger partial charge in [0.05, 0.1) is 11.8 Å². The van der Waals surface area contributed by atoms with Gasteiger partial charge in [0, 0.05) is 43.8 Å². The van der Waals surface area contributed by atoms with Crippen LogP contribution in [0.15, 0.2) is 51.9 Å². The molecule has 2 aromatic heterocycles. The van der Waals surface area contributed by atoms with Gasteiger partial charge in [-0.3, -0.25) is 0 Å². The summed E-state index contributed by atoms with van der Waals surface area (Å²) in [4.78, 5) is 6.96. The highest BCUT2D eigenvalue weighted by Crippen LogP contribution is 2.29. The Morgan fingerprint density at radius 2 is 1.93 bits per heavy atom. The Kier molecular flexibility index (Phi) is 3.87. The van der Waals surface area contributed by atoms with Crippen LogP contribution in [0, 0.1) is 6.92 Å². The van der Waals surface area contributed by atoms with Crippen LogP contribution in [0.4, 0.5) is 5.82 Å². The monoisotopic (exact) mass is 397 g/mol. The quantitative estimate of drug-likeness (QED) is 0.658. The predicted molar refractivity (Wildman–Crippen MR) is 104 cm³/mol. The second kappa shape index (κ2) is 6.30. The average Bonchev–Trinajstić information content (AvgIpc) is 3.25.